The van der Waals surface area contributed by atoms with Gasteiger partial charge in [-0.3, -0.25) is 10.1 Å². The summed E-state index contributed by atoms with van der Waals surface area (Å²) in [6, 6.07) is 6.89. The normalized spacial score (nSPS) is 14.7. The second-order valence-corrected chi connectivity index (χ2v) is 2.89. The molecule has 0 aliphatic rings. The van der Waals surface area contributed by atoms with E-state index in [1.54, 1.807) is 30.3 Å². The maximum absolute atomic E-state index is 10.4. The van der Waals surface area contributed by atoms with Crippen molar-refractivity contribution in [2.45, 2.75) is 12.1 Å². The molecule has 0 radical (unpaired) electrons. The van der Waals surface area contributed by atoms with Gasteiger partial charge in [0.05, 0.1) is 0 Å². The molecule has 0 bridgehead atoms. The summed E-state index contributed by atoms with van der Waals surface area (Å²) in [5.74, 6) is 0. The molecular weight excluding hydrogens is 186 g/mol. The van der Waals surface area contributed by atoms with E-state index in [1.807, 2.05) is 0 Å². The lowest BCUT2D eigenvalue weighted by Gasteiger charge is -2.13. The van der Waals surface area contributed by atoms with Crippen LogP contribution in [0, 0.1) is 10.1 Å². The first-order valence-electron chi connectivity index (χ1n) is 4.14. The van der Waals surface area contributed by atoms with Crippen molar-refractivity contribution in [3.05, 3.63) is 46.0 Å². The molecule has 14 heavy (non-hydrogen) atoms. The van der Waals surface area contributed by atoms with E-state index < -0.39 is 23.7 Å². The Morgan fingerprint density at radius 2 is 1.93 bits per heavy atom. The molecule has 0 aliphatic carbocycles. The van der Waals surface area contributed by atoms with Gasteiger partial charge in [0.15, 0.2) is 0 Å². The molecule has 0 amide bonds. The van der Waals surface area contributed by atoms with Gasteiger partial charge in [0.1, 0.15) is 12.7 Å². The van der Waals surface area contributed by atoms with Crippen molar-refractivity contribution in [3.63, 3.8) is 0 Å². The molecular formula is C9H11NO4. The SMILES string of the molecule is O=[N+]([O-])[C@H](CO)[C@H](O)c1ccccc1. The van der Waals surface area contributed by atoms with Crippen LogP contribution in [0.4, 0.5) is 0 Å². The smallest absolute Gasteiger partial charge is 0.265 e. The predicted molar refractivity (Wildman–Crippen MR) is 49.3 cm³/mol. The summed E-state index contributed by atoms with van der Waals surface area (Å²) in [6.45, 7) is -0.678. The van der Waals surface area contributed by atoms with Crippen LogP contribution in [0.2, 0.25) is 0 Å². The zero-order chi connectivity index (χ0) is 10.6. The maximum atomic E-state index is 10.4. The number of nitro groups is 1. The number of benzene rings is 1. The number of aliphatic hydroxyl groups excluding tert-OH is 2. The summed E-state index contributed by atoms with van der Waals surface area (Å²) < 4.78 is 0. The van der Waals surface area contributed by atoms with Crippen LogP contribution in [0.25, 0.3) is 0 Å². The Bertz CT molecular complexity index is 301. The predicted octanol–water partition coefficient (Wildman–Crippen LogP) is 0.358. The van der Waals surface area contributed by atoms with Crippen molar-refractivity contribution >= 4 is 0 Å². The third-order valence-electron chi connectivity index (χ3n) is 1.96. The van der Waals surface area contributed by atoms with Crippen LogP contribution in [0.5, 0.6) is 0 Å². The number of rotatable bonds is 4. The van der Waals surface area contributed by atoms with Gasteiger partial charge in [0.25, 0.3) is 6.04 Å². The Morgan fingerprint density at radius 1 is 1.36 bits per heavy atom. The van der Waals surface area contributed by atoms with E-state index in [2.05, 4.69) is 0 Å². The Balaban J connectivity index is 2.83. The molecule has 0 heterocycles. The minimum absolute atomic E-state index is 0.434. The van der Waals surface area contributed by atoms with Gasteiger partial charge in [-0.15, -0.1) is 0 Å². The lowest BCUT2D eigenvalue weighted by molar-refractivity contribution is -0.539. The largest absolute Gasteiger partial charge is 0.389 e. The molecule has 5 heteroatoms. The standard InChI is InChI=1S/C9H11NO4/c11-6-8(10(13)14)9(12)7-4-2-1-3-5-7/h1-5,8-9,11-12H,6H2/t8-,9-/m1/s1. The van der Waals surface area contributed by atoms with E-state index in [-0.39, 0.29) is 0 Å². The van der Waals surface area contributed by atoms with Crippen molar-refractivity contribution in [2.75, 3.05) is 6.61 Å². The average Bonchev–Trinajstić information content (AvgIpc) is 2.19. The van der Waals surface area contributed by atoms with Gasteiger partial charge in [-0.1, -0.05) is 30.3 Å². The van der Waals surface area contributed by atoms with E-state index in [9.17, 15) is 15.2 Å². The summed E-state index contributed by atoms with van der Waals surface area (Å²) in [4.78, 5) is 9.75. The molecule has 0 aromatic heterocycles. The molecule has 2 atom stereocenters. The molecule has 1 aromatic carbocycles. The van der Waals surface area contributed by atoms with Crippen LogP contribution in [0.1, 0.15) is 11.7 Å². The third-order valence-corrected chi connectivity index (χ3v) is 1.96. The monoisotopic (exact) mass is 197 g/mol. The van der Waals surface area contributed by atoms with Crippen molar-refractivity contribution < 1.29 is 15.1 Å². The summed E-state index contributed by atoms with van der Waals surface area (Å²) in [5, 5.41) is 28.7. The topological polar surface area (TPSA) is 83.6 Å². The number of hydrogen-bond donors (Lipinski definition) is 2. The van der Waals surface area contributed by atoms with Gasteiger partial charge >= 0.3 is 0 Å². The Hall–Kier alpha value is -1.46. The second-order valence-electron chi connectivity index (χ2n) is 2.89. The van der Waals surface area contributed by atoms with Crippen molar-refractivity contribution in [3.8, 4) is 0 Å². The highest BCUT2D eigenvalue weighted by Gasteiger charge is 2.29. The second kappa shape index (κ2) is 4.69. The first-order valence-corrected chi connectivity index (χ1v) is 4.14. The zero-order valence-corrected chi connectivity index (χ0v) is 7.41. The molecule has 1 rings (SSSR count). The minimum atomic E-state index is -1.36. The Morgan fingerprint density at radius 3 is 2.36 bits per heavy atom. The number of aliphatic hydroxyl groups is 2. The van der Waals surface area contributed by atoms with E-state index in [0.717, 1.165) is 0 Å². The Labute approximate surface area is 80.8 Å². The zero-order valence-electron chi connectivity index (χ0n) is 7.41. The fourth-order valence-electron chi connectivity index (χ4n) is 1.15. The maximum Gasteiger partial charge on any atom is 0.265 e. The highest BCUT2D eigenvalue weighted by atomic mass is 16.6. The third kappa shape index (κ3) is 2.27. The number of hydrogen-bond acceptors (Lipinski definition) is 4. The van der Waals surface area contributed by atoms with Gasteiger partial charge in [-0.05, 0) is 5.56 Å². The highest BCUT2D eigenvalue weighted by Crippen LogP contribution is 2.17. The summed E-state index contributed by atoms with van der Waals surface area (Å²) >= 11 is 0. The van der Waals surface area contributed by atoms with E-state index >= 15 is 0 Å². The molecule has 5 nitrogen and oxygen atoms in total. The van der Waals surface area contributed by atoms with Crippen LogP contribution in [0.3, 0.4) is 0 Å². The van der Waals surface area contributed by atoms with Gasteiger partial charge < -0.3 is 10.2 Å². The fraction of sp³-hybridized carbons (Fsp3) is 0.333. The van der Waals surface area contributed by atoms with Crippen molar-refractivity contribution in [1.82, 2.24) is 0 Å². The molecule has 0 fully saturated rings. The first kappa shape index (κ1) is 10.6. The fourth-order valence-corrected chi connectivity index (χ4v) is 1.15. The quantitative estimate of drug-likeness (QED) is 0.539. The lowest BCUT2D eigenvalue weighted by Crippen LogP contribution is -2.31. The van der Waals surface area contributed by atoms with Crippen LogP contribution in [0.15, 0.2) is 30.3 Å². The molecule has 0 aliphatic heterocycles. The first-order chi connectivity index (χ1) is 6.66. The van der Waals surface area contributed by atoms with Crippen LogP contribution in [-0.2, 0) is 0 Å². The average molecular weight is 197 g/mol. The molecule has 2 N–H and O–H groups in total. The molecule has 0 spiro atoms. The van der Waals surface area contributed by atoms with Gasteiger partial charge in [0.2, 0.25) is 0 Å². The minimum Gasteiger partial charge on any atom is -0.389 e. The molecule has 76 valence electrons. The van der Waals surface area contributed by atoms with Crippen LogP contribution < -0.4 is 0 Å². The summed E-state index contributed by atoms with van der Waals surface area (Å²) in [6.07, 6.45) is -1.27. The van der Waals surface area contributed by atoms with Gasteiger partial charge in [0, 0.05) is 4.92 Å². The van der Waals surface area contributed by atoms with Crippen LogP contribution >= 0.6 is 0 Å². The van der Waals surface area contributed by atoms with Crippen LogP contribution in [-0.4, -0.2) is 27.8 Å². The molecule has 0 saturated heterocycles. The molecule has 1 aromatic rings. The number of nitrogens with zero attached hydrogens (tertiary/aromatic N) is 1. The van der Waals surface area contributed by atoms with E-state index in [0.29, 0.717) is 5.56 Å². The lowest BCUT2D eigenvalue weighted by atomic mass is 10.0. The van der Waals surface area contributed by atoms with E-state index in [4.69, 9.17) is 5.11 Å². The summed E-state index contributed by atoms with van der Waals surface area (Å²) in [5.41, 5.74) is 0.434. The molecule has 0 saturated carbocycles. The van der Waals surface area contributed by atoms with Crippen molar-refractivity contribution in [1.29, 1.82) is 0 Å². The summed E-state index contributed by atoms with van der Waals surface area (Å²) in [7, 11) is 0. The van der Waals surface area contributed by atoms with Crippen molar-refractivity contribution in [2.24, 2.45) is 0 Å². The van der Waals surface area contributed by atoms with Gasteiger partial charge in [-0.2, -0.15) is 0 Å². The Kier molecular flexibility index (Phi) is 3.55. The van der Waals surface area contributed by atoms with Gasteiger partial charge in [-0.25, -0.2) is 0 Å². The molecule has 0 unspecified atom stereocenters. The van der Waals surface area contributed by atoms with E-state index in [1.165, 1.54) is 0 Å². The highest BCUT2D eigenvalue weighted by molar-refractivity contribution is 5.18.